The number of aryl methyl sites for hydroxylation is 1. The number of benzene rings is 2. The molecule has 10 nitrogen and oxygen atoms in total. The summed E-state index contributed by atoms with van der Waals surface area (Å²) < 4.78 is 12.7. The van der Waals surface area contributed by atoms with Gasteiger partial charge in [0.15, 0.2) is 5.82 Å². The number of rotatable bonds is 9. The lowest BCUT2D eigenvalue weighted by Gasteiger charge is -2.19. The van der Waals surface area contributed by atoms with E-state index in [-0.39, 0.29) is 12.3 Å². The molecule has 1 aliphatic heterocycles. The molecular formula is C29H35ClN6O4. The minimum Gasteiger partial charge on any atom is -0.497 e. The molecule has 0 aliphatic carbocycles. The van der Waals surface area contributed by atoms with Crippen LogP contribution in [0.4, 0.5) is 4.79 Å². The predicted molar refractivity (Wildman–Crippen MR) is 154 cm³/mol. The van der Waals surface area contributed by atoms with E-state index in [0.29, 0.717) is 54.1 Å². The van der Waals surface area contributed by atoms with Crippen molar-refractivity contribution in [3.05, 3.63) is 70.3 Å². The first-order valence-electron chi connectivity index (χ1n) is 13.2. The molecule has 0 fully saturated rings. The Hall–Kier alpha value is -3.92. The number of nitrogens with one attached hydrogen (secondary N) is 2. The van der Waals surface area contributed by atoms with Crippen molar-refractivity contribution in [1.82, 2.24) is 25.4 Å². The minimum atomic E-state index is -0.570. The highest BCUT2D eigenvalue weighted by Gasteiger charge is 2.30. The zero-order chi connectivity index (χ0) is 28.9. The number of nitrogens with zero attached hydrogens (tertiary/aromatic N) is 4. The highest BCUT2D eigenvalue weighted by molar-refractivity contribution is 6.30. The third kappa shape index (κ3) is 7.18. The van der Waals surface area contributed by atoms with Crippen LogP contribution in [0.25, 0.3) is 5.69 Å². The van der Waals surface area contributed by atoms with Crippen LogP contribution >= 0.6 is 11.6 Å². The molecular weight excluding hydrogens is 532 g/mol. The fraction of sp³-hybridized carbons (Fsp3) is 0.414. The molecule has 1 aliphatic rings. The fourth-order valence-corrected chi connectivity index (χ4v) is 4.53. The van der Waals surface area contributed by atoms with Crippen LogP contribution in [0.2, 0.25) is 5.02 Å². The van der Waals surface area contributed by atoms with Gasteiger partial charge in [-0.1, -0.05) is 23.7 Å². The summed E-state index contributed by atoms with van der Waals surface area (Å²) >= 11 is 6.16. The molecule has 3 aromatic rings. The second kappa shape index (κ2) is 12.5. The molecule has 4 rings (SSSR count). The quantitative estimate of drug-likeness (QED) is 0.354. The lowest BCUT2D eigenvalue weighted by Crippen LogP contribution is -2.33. The number of fused-ring (bicyclic) bond motifs is 3. The van der Waals surface area contributed by atoms with Gasteiger partial charge in [0.2, 0.25) is 5.91 Å². The van der Waals surface area contributed by atoms with Crippen molar-refractivity contribution in [3.8, 4) is 11.4 Å². The maximum atomic E-state index is 13.0. The summed E-state index contributed by atoms with van der Waals surface area (Å²) in [4.78, 5) is 29.9. The van der Waals surface area contributed by atoms with Gasteiger partial charge in [-0.3, -0.25) is 14.4 Å². The summed E-state index contributed by atoms with van der Waals surface area (Å²) in [6.07, 6.45) is 1.05. The van der Waals surface area contributed by atoms with Gasteiger partial charge in [0, 0.05) is 29.2 Å². The van der Waals surface area contributed by atoms with E-state index >= 15 is 0 Å². The van der Waals surface area contributed by atoms with Crippen molar-refractivity contribution in [2.45, 2.75) is 58.6 Å². The summed E-state index contributed by atoms with van der Waals surface area (Å²) in [5.41, 5.74) is 2.72. The molecule has 0 saturated heterocycles. The van der Waals surface area contributed by atoms with Gasteiger partial charge < -0.3 is 20.1 Å². The van der Waals surface area contributed by atoms with Gasteiger partial charge in [0.25, 0.3) is 0 Å². The molecule has 1 aromatic heterocycles. The fourth-order valence-electron chi connectivity index (χ4n) is 4.41. The molecule has 0 radical (unpaired) electrons. The van der Waals surface area contributed by atoms with Gasteiger partial charge >= 0.3 is 6.09 Å². The van der Waals surface area contributed by atoms with Gasteiger partial charge in [-0.25, -0.2) is 4.79 Å². The standard InChI is InChI=1S/C29H35ClN6O4/c1-18-34-35-27-23(17-25(37)31-14-6-7-15-32-28(38)40-29(2,3)4)33-26(19-8-10-20(30)11-9-19)22-16-21(39-5)12-13-24(22)36(18)27/h8-13,16,23H,6-7,14-15,17H2,1-5H3,(H,31,37)(H,32,38)/t23-/m0/s1. The predicted octanol–water partition coefficient (Wildman–Crippen LogP) is 4.94. The van der Waals surface area contributed by atoms with E-state index in [2.05, 4.69) is 20.8 Å². The van der Waals surface area contributed by atoms with Crippen molar-refractivity contribution < 1.29 is 19.1 Å². The van der Waals surface area contributed by atoms with E-state index in [0.717, 1.165) is 16.8 Å². The average Bonchev–Trinajstić information content (AvgIpc) is 3.22. The van der Waals surface area contributed by atoms with Crippen LogP contribution in [-0.4, -0.2) is 58.3 Å². The van der Waals surface area contributed by atoms with Gasteiger partial charge in [-0.05, 0) is 70.9 Å². The Bertz CT molecular complexity index is 1390. The SMILES string of the molecule is COc1ccc2c(c1)C(c1ccc(Cl)cc1)=N[C@@H](CC(=O)NCCCCNC(=O)OC(C)(C)C)c1nnc(C)n1-2. The van der Waals surface area contributed by atoms with E-state index in [4.69, 9.17) is 26.1 Å². The Labute approximate surface area is 239 Å². The van der Waals surface area contributed by atoms with Crippen LogP contribution < -0.4 is 15.4 Å². The number of aliphatic imine (C=N–C) groups is 1. The second-order valence-corrected chi connectivity index (χ2v) is 11.0. The zero-order valence-electron chi connectivity index (χ0n) is 23.5. The van der Waals surface area contributed by atoms with E-state index in [1.807, 2.05) is 74.7 Å². The number of hydrogen-bond acceptors (Lipinski definition) is 7. The maximum absolute atomic E-state index is 13.0. The molecule has 40 heavy (non-hydrogen) atoms. The van der Waals surface area contributed by atoms with Gasteiger partial charge in [-0.15, -0.1) is 10.2 Å². The van der Waals surface area contributed by atoms with Crippen molar-refractivity contribution in [1.29, 1.82) is 0 Å². The van der Waals surface area contributed by atoms with Crippen LogP contribution in [0, 0.1) is 6.92 Å². The lowest BCUT2D eigenvalue weighted by molar-refractivity contribution is -0.121. The van der Waals surface area contributed by atoms with Gasteiger partial charge in [0.1, 0.15) is 23.2 Å². The minimum absolute atomic E-state index is 0.0938. The Balaban J connectivity index is 1.50. The largest absolute Gasteiger partial charge is 0.497 e. The van der Waals surface area contributed by atoms with Crippen LogP contribution in [0.1, 0.15) is 68.9 Å². The van der Waals surface area contributed by atoms with Crippen LogP contribution in [0.15, 0.2) is 47.5 Å². The molecule has 2 heterocycles. The monoisotopic (exact) mass is 566 g/mol. The molecule has 2 aromatic carbocycles. The topological polar surface area (TPSA) is 120 Å². The number of halogens is 1. The third-order valence-electron chi connectivity index (χ3n) is 6.22. The highest BCUT2D eigenvalue weighted by atomic mass is 35.5. The van der Waals surface area contributed by atoms with Gasteiger partial charge in [0.05, 0.1) is 24.9 Å². The molecule has 11 heteroatoms. The number of methoxy groups -OCH3 is 1. The first kappa shape index (κ1) is 29.1. The first-order chi connectivity index (χ1) is 19.1. The van der Waals surface area contributed by atoms with E-state index < -0.39 is 17.7 Å². The Morgan fingerprint density at radius 2 is 1.73 bits per heavy atom. The molecule has 2 amide bonds. The summed E-state index contributed by atoms with van der Waals surface area (Å²) in [5, 5.41) is 15.0. The smallest absolute Gasteiger partial charge is 0.407 e. The number of ether oxygens (including phenoxy) is 2. The number of unbranched alkanes of at least 4 members (excludes halogenated alkanes) is 1. The lowest BCUT2D eigenvalue weighted by atomic mass is 10.00. The summed E-state index contributed by atoms with van der Waals surface area (Å²) in [6, 6.07) is 12.6. The first-order valence-corrected chi connectivity index (χ1v) is 13.6. The second-order valence-electron chi connectivity index (χ2n) is 10.5. The highest BCUT2D eigenvalue weighted by Crippen LogP contribution is 2.34. The number of aromatic nitrogens is 3. The molecule has 0 saturated carbocycles. The van der Waals surface area contributed by atoms with Crippen LogP contribution in [-0.2, 0) is 9.53 Å². The molecule has 212 valence electrons. The number of carbonyl (C=O) groups is 2. The number of alkyl carbamates (subject to hydrolysis) is 1. The van der Waals surface area contributed by atoms with Crippen molar-refractivity contribution in [2.24, 2.45) is 4.99 Å². The van der Waals surface area contributed by atoms with E-state index in [1.54, 1.807) is 7.11 Å². The maximum Gasteiger partial charge on any atom is 0.407 e. The molecule has 1 atom stereocenters. The zero-order valence-corrected chi connectivity index (χ0v) is 24.2. The Morgan fingerprint density at radius 3 is 2.40 bits per heavy atom. The van der Waals surface area contributed by atoms with Crippen LogP contribution in [0.3, 0.4) is 0 Å². The van der Waals surface area contributed by atoms with E-state index in [9.17, 15) is 9.59 Å². The average molecular weight is 567 g/mol. The van der Waals surface area contributed by atoms with E-state index in [1.165, 1.54) is 0 Å². The Morgan fingerprint density at radius 1 is 1.02 bits per heavy atom. The van der Waals surface area contributed by atoms with Gasteiger partial charge in [-0.2, -0.15) is 0 Å². The molecule has 2 N–H and O–H groups in total. The molecule has 0 spiro atoms. The summed E-state index contributed by atoms with van der Waals surface area (Å²) in [7, 11) is 1.62. The van der Waals surface area contributed by atoms with Crippen molar-refractivity contribution >= 4 is 29.3 Å². The molecule has 0 unspecified atom stereocenters. The third-order valence-corrected chi connectivity index (χ3v) is 6.47. The normalized spacial score (nSPS) is 14.3. The molecule has 0 bridgehead atoms. The summed E-state index contributed by atoms with van der Waals surface area (Å²) in [6.45, 7) is 8.26. The Kier molecular flexibility index (Phi) is 9.09. The van der Waals surface area contributed by atoms with Crippen molar-refractivity contribution in [3.63, 3.8) is 0 Å². The summed E-state index contributed by atoms with van der Waals surface area (Å²) in [5.74, 6) is 1.81. The number of amides is 2. The van der Waals surface area contributed by atoms with Crippen molar-refractivity contribution in [2.75, 3.05) is 20.2 Å². The number of hydrogen-bond donors (Lipinski definition) is 2. The number of carbonyl (C=O) groups excluding carboxylic acids is 2. The van der Waals surface area contributed by atoms with Crippen LogP contribution in [0.5, 0.6) is 5.75 Å².